The molecule has 2 aromatic carbocycles. The van der Waals surface area contributed by atoms with Gasteiger partial charge in [-0.3, -0.25) is 4.90 Å². The fourth-order valence-electron chi connectivity index (χ4n) is 3.99. The van der Waals surface area contributed by atoms with Gasteiger partial charge in [-0.1, -0.05) is 47.6 Å². The molecule has 1 fully saturated rings. The Bertz CT molecular complexity index is 896. The van der Waals surface area contributed by atoms with Gasteiger partial charge in [0.25, 0.3) is 0 Å². The van der Waals surface area contributed by atoms with Crippen molar-refractivity contribution in [2.24, 2.45) is 11.7 Å². The van der Waals surface area contributed by atoms with Gasteiger partial charge in [0.1, 0.15) is 5.82 Å². The Hall–Kier alpha value is -2.57. The van der Waals surface area contributed by atoms with E-state index < -0.39 is 0 Å². The number of hydrogen-bond donors (Lipinski definition) is 1. The molecular weight excluding hydrogens is 355 g/mol. The highest BCUT2D eigenvalue weighted by Gasteiger charge is 2.36. The molecule has 0 spiro atoms. The minimum absolute atomic E-state index is 0.0252. The zero-order chi connectivity index (χ0) is 19.5. The minimum Gasteiger partial charge on any atom is -0.338 e. The Morgan fingerprint density at radius 1 is 1.14 bits per heavy atom. The molecule has 0 bridgehead atoms. The lowest BCUT2D eigenvalue weighted by Gasteiger charge is -2.21. The molecule has 0 aliphatic carbocycles. The van der Waals surface area contributed by atoms with Crippen molar-refractivity contribution >= 4 is 0 Å². The number of rotatable bonds is 6. The van der Waals surface area contributed by atoms with Crippen LogP contribution in [0.5, 0.6) is 0 Å². The molecule has 2 heterocycles. The van der Waals surface area contributed by atoms with Crippen LogP contribution < -0.4 is 5.73 Å². The molecule has 4 rings (SSSR count). The van der Waals surface area contributed by atoms with E-state index in [1.807, 2.05) is 6.07 Å². The van der Waals surface area contributed by atoms with Crippen LogP contribution in [0.1, 0.15) is 41.7 Å². The molecule has 0 amide bonds. The molecule has 1 saturated heterocycles. The van der Waals surface area contributed by atoms with Crippen molar-refractivity contribution < 1.29 is 8.91 Å². The normalized spacial score (nSPS) is 21.1. The summed E-state index contributed by atoms with van der Waals surface area (Å²) in [6.45, 7) is 4.58. The van der Waals surface area contributed by atoms with Crippen LogP contribution in [0.2, 0.25) is 0 Å². The van der Waals surface area contributed by atoms with Gasteiger partial charge in [0.05, 0.1) is 6.04 Å². The molecular formula is C22H25FN4O. The van der Waals surface area contributed by atoms with Crippen molar-refractivity contribution in [3.63, 3.8) is 0 Å². The van der Waals surface area contributed by atoms with E-state index in [1.54, 1.807) is 12.1 Å². The highest BCUT2D eigenvalue weighted by molar-refractivity contribution is 5.23. The Morgan fingerprint density at radius 3 is 2.61 bits per heavy atom. The van der Waals surface area contributed by atoms with Gasteiger partial charge in [-0.2, -0.15) is 4.98 Å². The van der Waals surface area contributed by atoms with Crippen LogP contribution in [0, 0.1) is 11.7 Å². The summed E-state index contributed by atoms with van der Waals surface area (Å²) in [5, 5.41) is 4.11. The number of benzene rings is 2. The lowest BCUT2D eigenvalue weighted by atomic mass is 9.89. The van der Waals surface area contributed by atoms with Gasteiger partial charge in [-0.05, 0) is 42.6 Å². The Kier molecular flexibility index (Phi) is 5.50. The fraction of sp³-hybridized carbons (Fsp3) is 0.364. The molecule has 5 nitrogen and oxygen atoms in total. The van der Waals surface area contributed by atoms with Crippen LogP contribution in [0.15, 0.2) is 59.1 Å². The second-order valence-electron chi connectivity index (χ2n) is 7.49. The lowest BCUT2D eigenvalue weighted by molar-refractivity contribution is 0.202. The predicted molar refractivity (Wildman–Crippen MR) is 105 cm³/mol. The van der Waals surface area contributed by atoms with Crippen LogP contribution in [-0.2, 0) is 6.42 Å². The van der Waals surface area contributed by atoms with Crippen LogP contribution >= 0.6 is 0 Å². The number of likely N-dealkylation sites (tertiary alicyclic amines) is 1. The van der Waals surface area contributed by atoms with E-state index >= 15 is 0 Å². The monoisotopic (exact) mass is 380 g/mol. The van der Waals surface area contributed by atoms with Gasteiger partial charge < -0.3 is 10.3 Å². The van der Waals surface area contributed by atoms with Crippen molar-refractivity contribution in [2.45, 2.75) is 25.3 Å². The number of aromatic nitrogens is 2. The third kappa shape index (κ3) is 3.98. The molecule has 1 unspecified atom stereocenters. The van der Waals surface area contributed by atoms with Gasteiger partial charge in [0.15, 0.2) is 5.82 Å². The van der Waals surface area contributed by atoms with E-state index in [1.165, 1.54) is 17.7 Å². The summed E-state index contributed by atoms with van der Waals surface area (Å²) in [6.07, 6.45) is 0.522. The first-order valence-electron chi connectivity index (χ1n) is 9.70. The molecule has 1 aliphatic heterocycles. The van der Waals surface area contributed by atoms with Crippen LogP contribution in [0.4, 0.5) is 4.39 Å². The number of nitrogens with zero attached hydrogens (tertiary/aromatic N) is 3. The van der Waals surface area contributed by atoms with Gasteiger partial charge in [-0.15, -0.1) is 0 Å². The third-order valence-corrected chi connectivity index (χ3v) is 5.66. The third-order valence-electron chi connectivity index (χ3n) is 5.66. The Labute approximate surface area is 164 Å². The maximum Gasteiger partial charge on any atom is 0.243 e. The molecule has 3 aromatic rings. The highest BCUT2D eigenvalue weighted by atomic mass is 19.1. The smallest absolute Gasteiger partial charge is 0.243 e. The van der Waals surface area contributed by atoms with Gasteiger partial charge in [0, 0.05) is 25.4 Å². The van der Waals surface area contributed by atoms with Crippen molar-refractivity contribution in [3.05, 3.63) is 83.3 Å². The Balaban J connectivity index is 1.45. The topological polar surface area (TPSA) is 68.2 Å². The average Bonchev–Trinajstić information content (AvgIpc) is 3.37. The first kappa shape index (κ1) is 18.8. The van der Waals surface area contributed by atoms with Crippen LogP contribution in [-0.4, -0.2) is 34.7 Å². The van der Waals surface area contributed by atoms with Crippen LogP contribution in [0.25, 0.3) is 0 Å². The summed E-state index contributed by atoms with van der Waals surface area (Å²) in [5.41, 5.74) is 8.34. The fourth-order valence-corrected chi connectivity index (χ4v) is 3.99. The molecule has 1 aromatic heterocycles. The first-order chi connectivity index (χ1) is 13.6. The summed E-state index contributed by atoms with van der Waals surface area (Å²) >= 11 is 0. The zero-order valence-electron chi connectivity index (χ0n) is 16.0. The summed E-state index contributed by atoms with van der Waals surface area (Å²) in [7, 11) is 0. The summed E-state index contributed by atoms with van der Waals surface area (Å²) in [4.78, 5) is 6.94. The SMILES string of the molecule is CC(c1nc(Cc2ccc(F)cc2)no1)N1C[C@@H](CN)[C@H](c2ccccc2)C1. The summed E-state index contributed by atoms with van der Waals surface area (Å²) < 4.78 is 18.6. The number of nitrogens with two attached hydrogens (primary N) is 1. The molecule has 1 aliphatic rings. The van der Waals surface area contributed by atoms with Crippen molar-refractivity contribution in [2.75, 3.05) is 19.6 Å². The second-order valence-corrected chi connectivity index (χ2v) is 7.49. The van der Waals surface area contributed by atoms with Crippen molar-refractivity contribution in [1.82, 2.24) is 15.0 Å². The molecule has 0 radical (unpaired) electrons. The van der Waals surface area contributed by atoms with Crippen LogP contribution in [0.3, 0.4) is 0 Å². The van der Waals surface area contributed by atoms with E-state index in [2.05, 4.69) is 46.2 Å². The number of hydrogen-bond acceptors (Lipinski definition) is 5. The molecule has 6 heteroatoms. The van der Waals surface area contributed by atoms with Gasteiger partial charge in [0.2, 0.25) is 5.89 Å². The number of halogens is 1. The summed E-state index contributed by atoms with van der Waals surface area (Å²) in [5.74, 6) is 1.80. The van der Waals surface area contributed by atoms with E-state index in [9.17, 15) is 4.39 Å². The molecule has 28 heavy (non-hydrogen) atoms. The van der Waals surface area contributed by atoms with E-state index in [-0.39, 0.29) is 11.9 Å². The molecule has 3 atom stereocenters. The molecule has 2 N–H and O–H groups in total. The van der Waals surface area contributed by atoms with E-state index in [4.69, 9.17) is 10.3 Å². The molecule has 0 saturated carbocycles. The van der Waals surface area contributed by atoms with E-state index in [0.717, 1.165) is 18.7 Å². The highest BCUT2D eigenvalue weighted by Crippen LogP contribution is 2.36. The Morgan fingerprint density at radius 2 is 1.89 bits per heavy atom. The predicted octanol–water partition coefficient (Wildman–Crippen LogP) is 3.53. The zero-order valence-corrected chi connectivity index (χ0v) is 16.0. The lowest BCUT2D eigenvalue weighted by Crippen LogP contribution is -2.26. The van der Waals surface area contributed by atoms with E-state index in [0.29, 0.717) is 36.5 Å². The second kappa shape index (κ2) is 8.20. The maximum atomic E-state index is 13.1. The van der Waals surface area contributed by atoms with Gasteiger partial charge in [-0.25, -0.2) is 4.39 Å². The first-order valence-corrected chi connectivity index (χ1v) is 9.70. The average molecular weight is 380 g/mol. The summed E-state index contributed by atoms with van der Waals surface area (Å²) in [6, 6.07) is 16.9. The maximum absolute atomic E-state index is 13.1. The largest absolute Gasteiger partial charge is 0.338 e. The standard InChI is InChI=1S/C22H25FN4O/c1-15(22-25-21(26-28-22)11-16-7-9-19(23)10-8-16)27-13-18(12-24)20(14-27)17-5-3-2-4-6-17/h2-10,15,18,20H,11-14,24H2,1H3/t15?,18-,20+/m1/s1. The van der Waals surface area contributed by atoms with Crippen molar-refractivity contribution in [1.29, 1.82) is 0 Å². The van der Waals surface area contributed by atoms with Gasteiger partial charge >= 0.3 is 0 Å². The van der Waals surface area contributed by atoms with Crippen molar-refractivity contribution in [3.8, 4) is 0 Å². The molecule has 146 valence electrons. The quantitative estimate of drug-likeness (QED) is 0.708. The minimum atomic E-state index is -0.248.